The van der Waals surface area contributed by atoms with Crippen molar-refractivity contribution in [2.24, 2.45) is 0 Å². The summed E-state index contributed by atoms with van der Waals surface area (Å²) >= 11 is 0. The molecule has 170 valence electrons. The van der Waals surface area contributed by atoms with Crippen LogP contribution in [0.5, 0.6) is 11.5 Å². The van der Waals surface area contributed by atoms with Crippen molar-refractivity contribution in [1.29, 1.82) is 0 Å². The van der Waals surface area contributed by atoms with Crippen LogP contribution in [-0.2, 0) is 4.79 Å². The highest BCUT2D eigenvalue weighted by Crippen LogP contribution is 2.25. The zero-order chi connectivity index (χ0) is 24.0. The van der Waals surface area contributed by atoms with Crippen LogP contribution in [0.2, 0.25) is 0 Å². The summed E-state index contributed by atoms with van der Waals surface area (Å²) in [7, 11) is 0. The van der Waals surface area contributed by atoms with E-state index in [2.05, 4.69) is 6.07 Å². The van der Waals surface area contributed by atoms with Gasteiger partial charge in [-0.25, -0.2) is 4.79 Å². The Morgan fingerprint density at radius 2 is 1.09 bits per heavy atom. The third kappa shape index (κ3) is 5.48. The first kappa shape index (κ1) is 22.2. The van der Waals surface area contributed by atoms with E-state index in [1.807, 2.05) is 116 Å². The summed E-state index contributed by atoms with van der Waals surface area (Å²) in [6.07, 6.45) is 3.24. The summed E-state index contributed by atoms with van der Waals surface area (Å²) in [4.78, 5) is 12.9. The summed E-state index contributed by atoms with van der Waals surface area (Å²) in [5.41, 5.74) is 2.01. The highest BCUT2D eigenvalue weighted by Gasteiger charge is 2.09. The molecule has 0 N–H and O–H groups in total. The summed E-state index contributed by atoms with van der Waals surface area (Å²) < 4.78 is 11.8. The Morgan fingerprint density at radius 3 is 1.69 bits per heavy atom. The molecule has 0 fully saturated rings. The zero-order valence-electron chi connectivity index (χ0n) is 19.3. The number of hydrogen-bond donors (Lipinski definition) is 0. The van der Waals surface area contributed by atoms with Crippen LogP contribution in [-0.4, -0.2) is 5.97 Å². The van der Waals surface area contributed by atoms with E-state index in [1.54, 1.807) is 6.07 Å². The lowest BCUT2D eigenvalue weighted by molar-refractivity contribution is -0.129. The van der Waals surface area contributed by atoms with Crippen LogP contribution in [0.3, 0.4) is 0 Å². The van der Waals surface area contributed by atoms with Crippen LogP contribution in [0, 0.1) is 0 Å². The maximum Gasteiger partial charge on any atom is 0.339 e. The average Bonchev–Trinajstić information content (AvgIpc) is 2.89. The molecular formula is C32H24O3. The highest BCUT2D eigenvalue weighted by molar-refractivity contribution is 5.88. The second-order valence-electron chi connectivity index (χ2n) is 8.28. The van der Waals surface area contributed by atoms with Crippen molar-refractivity contribution in [2.75, 3.05) is 0 Å². The fraction of sp³-hybridized carbons (Fsp3) is 0.0312. The van der Waals surface area contributed by atoms with E-state index in [0.717, 1.165) is 32.7 Å². The number of carbonyl (C=O) groups excluding carboxylic acids is 1. The predicted octanol–water partition coefficient (Wildman–Crippen LogP) is 7.96. The summed E-state index contributed by atoms with van der Waals surface area (Å²) in [6.45, 7) is 1.99. The molecule has 0 bridgehead atoms. The van der Waals surface area contributed by atoms with E-state index in [9.17, 15) is 4.79 Å². The van der Waals surface area contributed by atoms with E-state index < -0.39 is 5.97 Å². The fourth-order valence-corrected chi connectivity index (χ4v) is 3.96. The molecule has 0 radical (unpaired) electrons. The molecule has 0 aliphatic carbocycles. The second-order valence-corrected chi connectivity index (χ2v) is 8.28. The summed E-state index contributed by atoms with van der Waals surface area (Å²) in [5, 5.41) is 4.28. The Labute approximate surface area is 204 Å². The van der Waals surface area contributed by atoms with E-state index >= 15 is 0 Å². The van der Waals surface area contributed by atoms with Crippen molar-refractivity contribution >= 4 is 33.1 Å². The number of allylic oxidation sites excluding steroid dienone is 2. The monoisotopic (exact) mass is 456 g/mol. The SMILES string of the molecule is C/C(=C/C(=C\C(=O)Oc1ccc2ccccc2c1)Oc1ccc2ccccc2c1)c1ccccc1. The smallest absolute Gasteiger partial charge is 0.339 e. The van der Waals surface area contributed by atoms with Crippen LogP contribution >= 0.6 is 0 Å². The molecule has 3 nitrogen and oxygen atoms in total. The molecule has 0 spiro atoms. The number of carbonyl (C=O) groups is 1. The Balaban J connectivity index is 1.45. The molecular weight excluding hydrogens is 432 g/mol. The lowest BCUT2D eigenvalue weighted by Crippen LogP contribution is -2.07. The maximum absolute atomic E-state index is 12.9. The lowest BCUT2D eigenvalue weighted by atomic mass is 10.1. The minimum absolute atomic E-state index is 0.396. The molecule has 0 saturated carbocycles. The molecule has 0 aliphatic heterocycles. The maximum atomic E-state index is 12.9. The molecule has 5 rings (SSSR count). The van der Waals surface area contributed by atoms with Gasteiger partial charge in [0.05, 0.1) is 6.08 Å². The zero-order valence-corrected chi connectivity index (χ0v) is 19.3. The molecule has 0 aliphatic rings. The molecule has 0 unspecified atom stereocenters. The third-order valence-electron chi connectivity index (χ3n) is 5.74. The number of ether oxygens (including phenoxy) is 2. The van der Waals surface area contributed by atoms with Gasteiger partial charge < -0.3 is 9.47 Å². The molecule has 0 heterocycles. The minimum Gasteiger partial charge on any atom is -0.457 e. The highest BCUT2D eigenvalue weighted by atomic mass is 16.5. The van der Waals surface area contributed by atoms with Crippen LogP contribution < -0.4 is 9.47 Å². The third-order valence-corrected chi connectivity index (χ3v) is 5.74. The lowest BCUT2D eigenvalue weighted by Gasteiger charge is -2.10. The van der Waals surface area contributed by atoms with Gasteiger partial charge in [0.15, 0.2) is 0 Å². The van der Waals surface area contributed by atoms with Crippen LogP contribution in [0.4, 0.5) is 0 Å². The standard InChI is InChI=1S/C32H24O3/c1-23(24-9-3-2-4-10-24)19-31(34-29-17-15-25-11-5-7-13-27(25)20-29)22-32(33)35-30-18-16-26-12-6-8-14-28(26)21-30/h2-22H,1H3/b23-19-,31-22+. The van der Waals surface area contributed by atoms with Crippen molar-refractivity contribution < 1.29 is 14.3 Å². The van der Waals surface area contributed by atoms with E-state index in [0.29, 0.717) is 17.3 Å². The van der Waals surface area contributed by atoms with Crippen molar-refractivity contribution in [3.05, 3.63) is 139 Å². The number of fused-ring (bicyclic) bond motifs is 2. The van der Waals surface area contributed by atoms with E-state index in [-0.39, 0.29) is 0 Å². The van der Waals surface area contributed by atoms with Crippen molar-refractivity contribution in [2.45, 2.75) is 6.92 Å². The van der Waals surface area contributed by atoms with Gasteiger partial charge in [0.2, 0.25) is 0 Å². The Morgan fingerprint density at radius 1 is 0.571 bits per heavy atom. The topological polar surface area (TPSA) is 35.5 Å². The summed E-state index contributed by atoms with van der Waals surface area (Å²) in [5.74, 6) is 1.02. The Kier molecular flexibility index (Phi) is 6.40. The van der Waals surface area contributed by atoms with Gasteiger partial charge in [0.25, 0.3) is 0 Å². The van der Waals surface area contributed by atoms with Gasteiger partial charge >= 0.3 is 5.97 Å². The normalized spacial score (nSPS) is 12.0. The number of benzene rings is 5. The molecule has 35 heavy (non-hydrogen) atoms. The van der Waals surface area contributed by atoms with Gasteiger partial charge in [-0.05, 0) is 69.9 Å². The van der Waals surface area contributed by atoms with Crippen LogP contribution in [0.15, 0.2) is 133 Å². The van der Waals surface area contributed by atoms with E-state index in [1.165, 1.54) is 6.08 Å². The second kappa shape index (κ2) is 10.1. The first-order valence-electron chi connectivity index (χ1n) is 11.5. The molecule has 0 saturated heterocycles. The Hall–Kier alpha value is -4.63. The largest absolute Gasteiger partial charge is 0.457 e. The molecule has 3 heteroatoms. The van der Waals surface area contributed by atoms with Crippen LogP contribution in [0.1, 0.15) is 12.5 Å². The molecule has 0 amide bonds. The molecule has 0 atom stereocenters. The Bertz CT molecular complexity index is 1560. The van der Waals surface area contributed by atoms with Gasteiger partial charge in [-0.2, -0.15) is 0 Å². The molecule has 5 aromatic rings. The first-order chi connectivity index (χ1) is 17.1. The van der Waals surface area contributed by atoms with Crippen molar-refractivity contribution in [3.8, 4) is 11.5 Å². The molecule has 0 aromatic heterocycles. The number of rotatable bonds is 6. The average molecular weight is 457 g/mol. The van der Waals surface area contributed by atoms with Crippen molar-refractivity contribution in [3.63, 3.8) is 0 Å². The number of esters is 1. The number of hydrogen-bond acceptors (Lipinski definition) is 3. The minimum atomic E-state index is -0.506. The quantitative estimate of drug-likeness (QED) is 0.0854. The van der Waals surface area contributed by atoms with Gasteiger partial charge in [-0.15, -0.1) is 0 Å². The fourth-order valence-electron chi connectivity index (χ4n) is 3.96. The van der Waals surface area contributed by atoms with Gasteiger partial charge in [0.1, 0.15) is 17.3 Å². The van der Waals surface area contributed by atoms with Gasteiger partial charge in [-0.3, -0.25) is 0 Å². The summed E-state index contributed by atoms with van der Waals surface area (Å²) in [6, 6.07) is 37.5. The van der Waals surface area contributed by atoms with Gasteiger partial charge in [-0.1, -0.05) is 91.0 Å². The van der Waals surface area contributed by atoms with Gasteiger partial charge in [0, 0.05) is 0 Å². The first-order valence-corrected chi connectivity index (χ1v) is 11.5. The molecule has 5 aromatic carbocycles. The predicted molar refractivity (Wildman–Crippen MR) is 142 cm³/mol. The van der Waals surface area contributed by atoms with Crippen molar-refractivity contribution in [1.82, 2.24) is 0 Å². The van der Waals surface area contributed by atoms with Crippen LogP contribution in [0.25, 0.3) is 27.1 Å². The van der Waals surface area contributed by atoms with E-state index in [4.69, 9.17) is 9.47 Å².